The summed E-state index contributed by atoms with van der Waals surface area (Å²) >= 11 is 0. The van der Waals surface area contributed by atoms with Gasteiger partial charge in [0, 0.05) is 12.2 Å². The maximum atomic E-state index is 12.7. The molecule has 0 aliphatic rings. The molecular weight excluding hydrogens is 253 g/mol. The van der Waals surface area contributed by atoms with Gasteiger partial charge in [-0.25, -0.2) is 4.39 Å². The van der Waals surface area contributed by atoms with Crippen molar-refractivity contribution in [3.63, 3.8) is 0 Å². The van der Waals surface area contributed by atoms with E-state index in [9.17, 15) is 14.0 Å². The number of halogens is 1. The molecule has 0 heterocycles. The van der Waals surface area contributed by atoms with Gasteiger partial charge in [0.1, 0.15) is 5.82 Å². The molecule has 0 saturated carbocycles. The van der Waals surface area contributed by atoms with Crippen LogP contribution in [-0.4, -0.2) is 32.7 Å². The second-order valence-corrected chi connectivity index (χ2v) is 3.82. The van der Waals surface area contributed by atoms with Crippen LogP contribution in [0.2, 0.25) is 0 Å². The van der Waals surface area contributed by atoms with Crippen LogP contribution >= 0.6 is 0 Å². The minimum absolute atomic E-state index is 0.233. The first kappa shape index (κ1) is 14.9. The van der Waals surface area contributed by atoms with Crippen LogP contribution < -0.4 is 5.32 Å². The van der Waals surface area contributed by atoms with Crippen molar-refractivity contribution in [2.75, 3.05) is 26.1 Å². The van der Waals surface area contributed by atoms with Crippen molar-refractivity contribution in [2.45, 2.75) is 6.42 Å². The lowest BCUT2D eigenvalue weighted by atomic mass is 10.1. The number of benzene rings is 1. The standard InChI is InChI=1S/C13H16FNO4/c1-18-12(16)11(13(17)19-2)7-8-15-10-5-3-9(14)4-6-10/h3-6,11,15H,7-8H2,1-2H3. The van der Waals surface area contributed by atoms with Gasteiger partial charge in [-0.2, -0.15) is 0 Å². The molecule has 0 unspecified atom stereocenters. The Kier molecular flexibility index (Phi) is 5.78. The number of esters is 2. The molecule has 104 valence electrons. The van der Waals surface area contributed by atoms with Gasteiger partial charge in [0.2, 0.25) is 0 Å². The van der Waals surface area contributed by atoms with Crippen molar-refractivity contribution in [1.82, 2.24) is 0 Å². The van der Waals surface area contributed by atoms with Gasteiger partial charge in [0.05, 0.1) is 14.2 Å². The third-order valence-corrected chi connectivity index (χ3v) is 2.58. The molecule has 6 heteroatoms. The van der Waals surface area contributed by atoms with Crippen molar-refractivity contribution in [1.29, 1.82) is 0 Å². The van der Waals surface area contributed by atoms with Crippen molar-refractivity contribution in [3.8, 4) is 0 Å². The van der Waals surface area contributed by atoms with Crippen LogP contribution in [0.1, 0.15) is 6.42 Å². The van der Waals surface area contributed by atoms with Crippen molar-refractivity contribution in [3.05, 3.63) is 30.1 Å². The zero-order chi connectivity index (χ0) is 14.3. The molecule has 0 aromatic heterocycles. The first-order valence-electron chi connectivity index (χ1n) is 5.73. The lowest BCUT2D eigenvalue weighted by molar-refractivity contribution is -0.158. The van der Waals surface area contributed by atoms with Crippen molar-refractivity contribution >= 4 is 17.6 Å². The first-order chi connectivity index (χ1) is 9.08. The van der Waals surface area contributed by atoms with Gasteiger partial charge in [0.15, 0.2) is 5.92 Å². The lowest BCUT2D eigenvalue weighted by Crippen LogP contribution is -2.28. The fourth-order valence-electron chi connectivity index (χ4n) is 1.55. The summed E-state index contributed by atoms with van der Waals surface area (Å²) in [5.74, 6) is -2.55. The maximum absolute atomic E-state index is 12.7. The predicted octanol–water partition coefficient (Wildman–Crippen LogP) is 1.59. The van der Waals surface area contributed by atoms with Crippen LogP contribution in [0.5, 0.6) is 0 Å². The summed E-state index contributed by atoms with van der Waals surface area (Å²) in [5, 5.41) is 2.98. The summed E-state index contributed by atoms with van der Waals surface area (Å²) in [6.45, 7) is 0.362. The smallest absolute Gasteiger partial charge is 0.320 e. The molecule has 1 rings (SSSR count). The van der Waals surface area contributed by atoms with E-state index in [1.165, 1.54) is 26.4 Å². The normalized spacial score (nSPS) is 10.1. The minimum Gasteiger partial charge on any atom is -0.468 e. The number of carbonyl (C=O) groups excluding carboxylic acids is 2. The number of anilines is 1. The van der Waals surface area contributed by atoms with E-state index in [0.717, 1.165) is 0 Å². The number of hydrogen-bond acceptors (Lipinski definition) is 5. The van der Waals surface area contributed by atoms with Gasteiger partial charge < -0.3 is 14.8 Å². The second-order valence-electron chi connectivity index (χ2n) is 3.82. The van der Waals surface area contributed by atoms with E-state index in [1.54, 1.807) is 12.1 Å². The average Bonchev–Trinajstić information content (AvgIpc) is 2.44. The third-order valence-electron chi connectivity index (χ3n) is 2.58. The fraction of sp³-hybridized carbons (Fsp3) is 0.385. The Bertz CT molecular complexity index is 417. The molecule has 5 nitrogen and oxygen atoms in total. The number of carbonyl (C=O) groups is 2. The maximum Gasteiger partial charge on any atom is 0.320 e. The Labute approximate surface area is 110 Å². The topological polar surface area (TPSA) is 64.6 Å². The van der Waals surface area contributed by atoms with E-state index >= 15 is 0 Å². The molecule has 0 saturated heterocycles. The fourth-order valence-corrected chi connectivity index (χ4v) is 1.55. The molecule has 0 bridgehead atoms. The van der Waals surface area contributed by atoms with E-state index in [-0.39, 0.29) is 12.2 Å². The molecule has 1 aromatic carbocycles. The van der Waals surface area contributed by atoms with Crippen molar-refractivity contribution < 1.29 is 23.5 Å². The highest BCUT2D eigenvalue weighted by molar-refractivity contribution is 5.94. The quantitative estimate of drug-likeness (QED) is 0.627. The van der Waals surface area contributed by atoms with Crippen LogP contribution in [-0.2, 0) is 19.1 Å². The van der Waals surface area contributed by atoms with Gasteiger partial charge in [0.25, 0.3) is 0 Å². The summed E-state index contributed by atoms with van der Waals surface area (Å²) in [5.41, 5.74) is 0.704. The highest BCUT2D eigenvalue weighted by atomic mass is 19.1. The molecule has 0 amide bonds. The highest BCUT2D eigenvalue weighted by Crippen LogP contribution is 2.11. The van der Waals surface area contributed by atoms with Crippen LogP contribution in [0.25, 0.3) is 0 Å². The molecule has 0 aliphatic heterocycles. The second kappa shape index (κ2) is 7.35. The molecule has 0 radical (unpaired) electrons. The number of nitrogens with one attached hydrogen (secondary N) is 1. The molecule has 0 fully saturated rings. The molecule has 19 heavy (non-hydrogen) atoms. The molecule has 1 aromatic rings. The summed E-state index contributed by atoms with van der Waals surface area (Å²) < 4.78 is 21.8. The third kappa shape index (κ3) is 4.57. The lowest BCUT2D eigenvalue weighted by Gasteiger charge is -2.13. The Morgan fingerprint density at radius 1 is 1.16 bits per heavy atom. The van der Waals surface area contributed by atoms with E-state index in [2.05, 4.69) is 14.8 Å². The van der Waals surface area contributed by atoms with Crippen LogP contribution in [0, 0.1) is 11.7 Å². The highest BCUT2D eigenvalue weighted by Gasteiger charge is 2.27. The molecule has 0 atom stereocenters. The number of ether oxygens (including phenoxy) is 2. The Balaban J connectivity index is 2.50. The van der Waals surface area contributed by atoms with Crippen molar-refractivity contribution in [2.24, 2.45) is 5.92 Å². The SMILES string of the molecule is COC(=O)C(CCNc1ccc(F)cc1)C(=O)OC. The Morgan fingerprint density at radius 2 is 1.68 bits per heavy atom. The summed E-state index contributed by atoms with van der Waals surface area (Å²) in [6, 6.07) is 5.78. The zero-order valence-corrected chi connectivity index (χ0v) is 10.8. The summed E-state index contributed by atoms with van der Waals surface area (Å²) in [7, 11) is 2.43. The van der Waals surface area contributed by atoms with Gasteiger partial charge in [-0.05, 0) is 30.7 Å². The molecule has 0 spiro atoms. The van der Waals surface area contributed by atoms with E-state index in [0.29, 0.717) is 12.2 Å². The average molecular weight is 269 g/mol. The number of rotatable bonds is 6. The van der Waals surface area contributed by atoms with E-state index in [1.807, 2.05) is 0 Å². The predicted molar refractivity (Wildman–Crippen MR) is 67.0 cm³/mol. The Hall–Kier alpha value is -2.11. The first-order valence-corrected chi connectivity index (χ1v) is 5.73. The largest absolute Gasteiger partial charge is 0.468 e. The van der Waals surface area contributed by atoms with Gasteiger partial charge >= 0.3 is 11.9 Å². The summed E-state index contributed by atoms with van der Waals surface area (Å²) in [4.78, 5) is 22.8. The van der Waals surface area contributed by atoms with Crippen LogP contribution in [0.3, 0.4) is 0 Å². The number of hydrogen-bond donors (Lipinski definition) is 1. The van der Waals surface area contributed by atoms with Gasteiger partial charge in [-0.3, -0.25) is 9.59 Å². The number of methoxy groups -OCH3 is 2. The van der Waals surface area contributed by atoms with Gasteiger partial charge in [-0.15, -0.1) is 0 Å². The Morgan fingerprint density at radius 3 is 2.16 bits per heavy atom. The van der Waals surface area contributed by atoms with E-state index in [4.69, 9.17) is 0 Å². The van der Waals surface area contributed by atoms with Crippen LogP contribution in [0.15, 0.2) is 24.3 Å². The molecule has 0 aliphatic carbocycles. The zero-order valence-electron chi connectivity index (χ0n) is 10.8. The van der Waals surface area contributed by atoms with E-state index < -0.39 is 17.9 Å². The van der Waals surface area contributed by atoms with Crippen LogP contribution in [0.4, 0.5) is 10.1 Å². The summed E-state index contributed by atoms with van der Waals surface area (Å²) in [6.07, 6.45) is 0.233. The monoisotopic (exact) mass is 269 g/mol. The molecule has 1 N–H and O–H groups in total. The van der Waals surface area contributed by atoms with Gasteiger partial charge in [-0.1, -0.05) is 0 Å². The minimum atomic E-state index is -0.956. The molecular formula is C13H16FNO4.